The summed E-state index contributed by atoms with van der Waals surface area (Å²) in [6, 6.07) is 11.2. The van der Waals surface area contributed by atoms with Crippen LogP contribution in [0, 0.1) is 5.82 Å². The van der Waals surface area contributed by atoms with Crippen molar-refractivity contribution < 1.29 is 13.9 Å². The molecular formula is C16H17FN2O2. The number of para-hydroxylation sites is 1. The van der Waals surface area contributed by atoms with Crippen LogP contribution in [0.15, 0.2) is 42.5 Å². The number of benzene rings is 2. The maximum Gasteiger partial charge on any atom is 0.257 e. The van der Waals surface area contributed by atoms with Crippen LogP contribution >= 0.6 is 0 Å². The number of carbonyl (C=O) groups excluding carboxylic acids is 1. The molecule has 110 valence electrons. The maximum atomic E-state index is 13.2. The van der Waals surface area contributed by atoms with E-state index in [1.165, 1.54) is 24.1 Å². The van der Waals surface area contributed by atoms with Crippen LogP contribution in [0.4, 0.5) is 10.1 Å². The molecule has 2 N–H and O–H groups in total. The molecule has 0 bridgehead atoms. The van der Waals surface area contributed by atoms with Gasteiger partial charge in [0.2, 0.25) is 0 Å². The highest BCUT2D eigenvalue weighted by Gasteiger charge is 2.18. The molecule has 1 amide bonds. The van der Waals surface area contributed by atoms with Gasteiger partial charge in [-0.2, -0.15) is 0 Å². The summed E-state index contributed by atoms with van der Waals surface area (Å²) in [6.07, 6.45) is 0. The maximum absolute atomic E-state index is 13.2. The van der Waals surface area contributed by atoms with E-state index >= 15 is 0 Å². The lowest BCUT2D eigenvalue weighted by Gasteiger charge is -2.19. The van der Waals surface area contributed by atoms with Crippen LogP contribution in [0.5, 0.6) is 5.75 Å². The number of methoxy groups -OCH3 is 1. The molecule has 21 heavy (non-hydrogen) atoms. The summed E-state index contributed by atoms with van der Waals surface area (Å²) >= 11 is 0. The molecule has 0 saturated carbocycles. The Hall–Kier alpha value is -2.56. The molecule has 0 aliphatic rings. The fourth-order valence-electron chi connectivity index (χ4n) is 2.14. The number of nitrogens with two attached hydrogens (primary N) is 1. The van der Waals surface area contributed by atoms with Crippen molar-refractivity contribution in [2.75, 3.05) is 19.9 Å². The third-order valence-electron chi connectivity index (χ3n) is 3.14. The first-order valence-corrected chi connectivity index (χ1v) is 6.45. The van der Waals surface area contributed by atoms with E-state index < -0.39 is 0 Å². The van der Waals surface area contributed by atoms with Gasteiger partial charge in [-0.25, -0.2) is 4.39 Å². The number of nitrogen functional groups attached to an aromatic ring is 1. The van der Waals surface area contributed by atoms with E-state index in [1.807, 2.05) is 0 Å². The SMILES string of the molecule is COc1c(N)cccc1C(=O)N(C)Cc1cccc(F)c1. The highest BCUT2D eigenvalue weighted by molar-refractivity contribution is 5.98. The molecule has 5 heteroatoms. The Labute approximate surface area is 122 Å². The van der Waals surface area contributed by atoms with Gasteiger partial charge in [0, 0.05) is 13.6 Å². The topological polar surface area (TPSA) is 55.6 Å². The van der Waals surface area contributed by atoms with Crippen molar-refractivity contribution in [3.8, 4) is 5.75 Å². The molecule has 2 rings (SSSR count). The van der Waals surface area contributed by atoms with Gasteiger partial charge in [0.1, 0.15) is 5.82 Å². The minimum atomic E-state index is -0.324. The Morgan fingerprint density at radius 2 is 2.00 bits per heavy atom. The van der Waals surface area contributed by atoms with Crippen LogP contribution < -0.4 is 10.5 Å². The van der Waals surface area contributed by atoms with Gasteiger partial charge in [-0.1, -0.05) is 18.2 Å². The molecule has 0 fully saturated rings. The highest BCUT2D eigenvalue weighted by Crippen LogP contribution is 2.27. The number of hydrogen-bond donors (Lipinski definition) is 1. The molecule has 0 saturated heterocycles. The summed E-state index contributed by atoms with van der Waals surface area (Å²) < 4.78 is 18.4. The zero-order valence-corrected chi connectivity index (χ0v) is 12.0. The summed E-state index contributed by atoms with van der Waals surface area (Å²) in [6.45, 7) is 0.300. The molecule has 2 aromatic carbocycles. The third-order valence-corrected chi connectivity index (χ3v) is 3.14. The summed E-state index contributed by atoms with van der Waals surface area (Å²) in [5.41, 5.74) is 7.30. The van der Waals surface area contributed by atoms with Gasteiger partial charge in [-0.3, -0.25) is 4.79 Å². The largest absolute Gasteiger partial charge is 0.494 e. The Balaban J connectivity index is 2.22. The number of ether oxygens (including phenoxy) is 1. The van der Waals surface area contributed by atoms with Crippen LogP contribution in [0.25, 0.3) is 0 Å². The molecule has 0 atom stereocenters. The fourth-order valence-corrected chi connectivity index (χ4v) is 2.14. The predicted molar refractivity (Wildman–Crippen MR) is 79.6 cm³/mol. The number of anilines is 1. The Morgan fingerprint density at radius 3 is 2.67 bits per heavy atom. The van der Waals surface area contributed by atoms with Gasteiger partial charge in [0.25, 0.3) is 5.91 Å². The third kappa shape index (κ3) is 3.31. The number of carbonyl (C=O) groups is 1. The van der Waals surface area contributed by atoms with Crippen molar-refractivity contribution in [1.29, 1.82) is 0 Å². The number of amides is 1. The van der Waals surface area contributed by atoms with Crippen molar-refractivity contribution in [3.63, 3.8) is 0 Å². The second-order valence-corrected chi connectivity index (χ2v) is 4.72. The molecule has 0 heterocycles. The quantitative estimate of drug-likeness (QED) is 0.880. The van der Waals surface area contributed by atoms with Gasteiger partial charge in [0.05, 0.1) is 18.4 Å². The molecule has 4 nitrogen and oxygen atoms in total. The lowest BCUT2D eigenvalue weighted by Crippen LogP contribution is -2.26. The van der Waals surface area contributed by atoms with Crippen molar-refractivity contribution >= 4 is 11.6 Å². The standard InChI is InChI=1S/C16H17FN2O2/c1-19(10-11-5-3-6-12(17)9-11)16(20)13-7-4-8-14(18)15(13)21-2/h3-9H,10,18H2,1-2H3. The van der Waals surface area contributed by atoms with Gasteiger partial charge in [0.15, 0.2) is 5.75 Å². The predicted octanol–water partition coefficient (Wildman–Crippen LogP) is 2.69. The zero-order valence-electron chi connectivity index (χ0n) is 12.0. The van der Waals surface area contributed by atoms with Crippen LogP contribution in [0.3, 0.4) is 0 Å². The van der Waals surface area contributed by atoms with Gasteiger partial charge in [-0.15, -0.1) is 0 Å². The van der Waals surface area contributed by atoms with Gasteiger partial charge >= 0.3 is 0 Å². The van der Waals surface area contributed by atoms with Crippen LogP contribution in [-0.4, -0.2) is 25.0 Å². The summed E-state index contributed by atoms with van der Waals surface area (Å²) in [5, 5.41) is 0. The lowest BCUT2D eigenvalue weighted by molar-refractivity contribution is 0.0781. The molecule has 0 spiro atoms. The molecule has 0 aliphatic carbocycles. The van der Waals surface area contributed by atoms with E-state index in [9.17, 15) is 9.18 Å². The molecule has 0 unspecified atom stereocenters. The van der Waals surface area contributed by atoms with Crippen molar-refractivity contribution in [3.05, 3.63) is 59.4 Å². The Morgan fingerprint density at radius 1 is 1.29 bits per heavy atom. The first-order valence-electron chi connectivity index (χ1n) is 6.45. The zero-order chi connectivity index (χ0) is 15.4. The first kappa shape index (κ1) is 14.8. The van der Waals surface area contributed by atoms with E-state index in [-0.39, 0.29) is 11.7 Å². The van der Waals surface area contributed by atoms with Crippen molar-refractivity contribution in [1.82, 2.24) is 4.90 Å². The normalized spacial score (nSPS) is 10.2. The Bertz CT molecular complexity index is 658. The van der Waals surface area contributed by atoms with E-state index in [2.05, 4.69) is 0 Å². The molecular weight excluding hydrogens is 271 g/mol. The monoisotopic (exact) mass is 288 g/mol. The van der Waals surface area contributed by atoms with Crippen LogP contribution in [0.1, 0.15) is 15.9 Å². The minimum absolute atomic E-state index is 0.233. The van der Waals surface area contributed by atoms with E-state index in [0.717, 1.165) is 0 Å². The highest BCUT2D eigenvalue weighted by atomic mass is 19.1. The number of rotatable bonds is 4. The number of hydrogen-bond acceptors (Lipinski definition) is 3. The van der Waals surface area contributed by atoms with E-state index in [0.29, 0.717) is 29.1 Å². The molecule has 2 aromatic rings. The second-order valence-electron chi connectivity index (χ2n) is 4.72. The molecule has 0 aromatic heterocycles. The first-order chi connectivity index (χ1) is 10.0. The minimum Gasteiger partial charge on any atom is -0.494 e. The van der Waals surface area contributed by atoms with Crippen LogP contribution in [-0.2, 0) is 6.54 Å². The summed E-state index contributed by atoms with van der Waals surface area (Å²) in [4.78, 5) is 14.0. The second kappa shape index (κ2) is 6.26. The van der Waals surface area contributed by atoms with E-state index in [4.69, 9.17) is 10.5 Å². The van der Waals surface area contributed by atoms with Crippen molar-refractivity contribution in [2.24, 2.45) is 0 Å². The average molecular weight is 288 g/mol. The molecule has 0 radical (unpaired) electrons. The Kier molecular flexibility index (Phi) is 4.42. The van der Waals surface area contributed by atoms with Crippen molar-refractivity contribution in [2.45, 2.75) is 6.54 Å². The average Bonchev–Trinajstić information content (AvgIpc) is 2.46. The fraction of sp³-hybridized carbons (Fsp3) is 0.188. The van der Waals surface area contributed by atoms with Crippen LogP contribution in [0.2, 0.25) is 0 Å². The van der Waals surface area contributed by atoms with Gasteiger partial charge < -0.3 is 15.4 Å². The lowest BCUT2D eigenvalue weighted by atomic mass is 10.1. The smallest absolute Gasteiger partial charge is 0.257 e. The van der Waals surface area contributed by atoms with E-state index in [1.54, 1.807) is 37.4 Å². The summed E-state index contributed by atoms with van der Waals surface area (Å²) in [7, 11) is 3.12. The summed E-state index contributed by atoms with van der Waals surface area (Å²) in [5.74, 6) is -0.202. The van der Waals surface area contributed by atoms with Gasteiger partial charge in [-0.05, 0) is 29.8 Å². The number of nitrogens with zero attached hydrogens (tertiary/aromatic N) is 1. The molecule has 0 aliphatic heterocycles. The number of halogens is 1.